The zero-order valence-electron chi connectivity index (χ0n) is 17.2. The molecular formula is C22H34N2O4. The summed E-state index contributed by atoms with van der Waals surface area (Å²) in [5.41, 5.74) is 1.61. The van der Waals surface area contributed by atoms with E-state index < -0.39 is 0 Å². The van der Waals surface area contributed by atoms with E-state index in [0.717, 1.165) is 50.8 Å². The van der Waals surface area contributed by atoms with Crippen LogP contribution in [-0.2, 0) is 16.0 Å². The van der Waals surface area contributed by atoms with Gasteiger partial charge in [-0.3, -0.25) is 9.80 Å². The lowest BCUT2D eigenvalue weighted by atomic mass is 10.1. The van der Waals surface area contributed by atoms with E-state index in [0.29, 0.717) is 18.5 Å². The van der Waals surface area contributed by atoms with Gasteiger partial charge in [0, 0.05) is 26.1 Å². The third-order valence-corrected chi connectivity index (χ3v) is 5.29. The maximum Gasteiger partial charge on any atom is 0.337 e. The number of unbranched alkanes of at least 4 members (excludes halogenated alkanes) is 2. The van der Waals surface area contributed by atoms with Crippen molar-refractivity contribution in [2.75, 3.05) is 26.7 Å². The van der Waals surface area contributed by atoms with Crippen LogP contribution >= 0.6 is 0 Å². The highest BCUT2D eigenvalue weighted by Gasteiger charge is 2.28. The molecule has 1 heterocycles. The molecule has 1 saturated heterocycles. The van der Waals surface area contributed by atoms with Crippen LogP contribution in [0, 0.1) is 0 Å². The second kappa shape index (κ2) is 11.8. The van der Waals surface area contributed by atoms with Crippen molar-refractivity contribution < 1.29 is 19.4 Å². The minimum absolute atomic E-state index is 0.162. The highest BCUT2D eigenvalue weighted by Crippen LogP contribution is 2.16. The van der Waals surface area contributed by atoms with E-state index in [9.17, 15) is 14.7 Å². The van der Waals surface area contributed by atoms with Crippen molar-refractivity contribution in [3.8, 4) is 0 Å². The molecule has 1 fully saturated rings. The van der Waals surface area contributed by atoms with Crippen LogP contribution in [0.3, 0.4) is 0 Å². The van der Waals surface area contributed by atoms with Gasteiger partial charge >= 0.3 is 5.97 Å². The second-order valence-corrected chi connectivity index (χ2v) is 7.45. The average molecular weight is 391 g/mol. The van der Waals surface area contributed by atoms with Crippen molar-refractivity contribution in [2.45, 2.75) is 64.4 Å². The number of methoxy groups -OCH3 is 1. The van der Waals surface area contributed by atoms with E-state index in [1.54, 1.807) is 12.1 Å². The molecule has 0 aromatic heterocycles. The number of hydrazine groups is 1. The number of ether oxygens (including phenoxy) is 1. The topological polar surface area (TPSA) is 70.1 Å². The largest absolute Gasteiger partial charge is 0.465 e. The van der Waals surface area contributed by atoms with Crippen LogP contribution in [0.1, 0.15) is 67.8 Å². The molecule has 1 aromatic carbocycles. The van der Waals surface area contributed by atoms with Gasteiger partial charge < -0.3 is 9.84 Å². The highest BCUT2D eigenvalue weighted by molar-refractivity contribution is 5.89. The number of carbonyl (C=O) groups excluding carboxylic acids is 2. The Kier molecular flexibility index (Phi) is 9.44. The van der Waals surface area contributed by atoms with Gasteiger partial charge in [0.2, 0.25) is 5.91 Å². The first kappa shape index (κ1) is 22.4. The molecule has 6 heteroatoms. The molecule has 0 radical (unpaired) electrons. The van der Waals surface area contributed by atoms with Crippen LogP contribution in [0.15, 0.2) is 24.3 Å². The van der Waals surface area contributed by atoms with Crippen molar-refractivity contribution in [3.63, 3.8) is 0 Å². The summed E-state index contributed by atoms with van der Waals surface area (Å²) < 4.78 is 4.71. The summed E-state index contributed by atoms with van der Waals surface area (Å²) in [6.07, 6.45) is 7.05. The summed E-state index contributed by atoms with van der Waals surface area (Å²) >= 11 is 0. The number of esters is 1. The molecule has 28 heavy (non-hydrogen) atoms. The molecule has 0 bridgehead atoms. The lowest BCUT2D eigenvalue weighted by Gasteiger charge is -2.28. The molecule has 156 valence electrons. The van der Waals surface area contributed by atoms with Crippen LogP contribution in [0.5, 0.6) is 0 Å². The summed E-state index contributed by atoms with van der Waals surface area (Å²) in [7, 11) is 1.37. The van der Waals surface area contributed by atoms with E-state index in [2.05, 4.69) is 11.9 Å². The fraction of sp³-hybridized carbons (Fsp3) is 0.636. The lowest BCUT2D eigenvalue weighted by Crippen LogP contribution is -2.41. The quantitative estimate of drug-likeness (QED) is 0.438. The summed E-state index contributed by atoms with van der Waals surface area (Å²) in [4.78, 5) is 23.7. The monoisotopic (exact) mass is 390 g/mol. The van der Waals surface area contributed by atoms with Gasteiger partial charge in [-0.2, -0.15) is 0 Å². The molecule has 1 unspecified atom stereocenters. The lowest BCUT2D eigenvalue weighted by molar-refractivity contribution is -0.138. The van der Waals surface area contributed by atoms with Gasteiger partial charge in [0.05, 0.1) is 18.8 Å². The van der Waals surface area contributed by atoms with Gasteiger partial charge in [-0.1, -0.05) is 38.3 Å². The van der Waals surface area contributed by atoms with Crippen molar-refractivity contribution in [1.82, 2.24) is 10.0 Å². The fourth-order valence-electron chi connectivity index (χ4n) is 3.57. The maximum atomic E-state index is 12.2. The van der Waals surface area contributed by atoms with Crippen molar-refractivity contribution in [1.29, 1.82) is 0 Å². The van der Waals surface area contributed by atoms with Crippen LogP contribution < -0.4 is 0 Å². The normalized spacial score (nSPS) is 15.8. The van der Waals surface area contributed by atoms with E-state index in [1.807, 2.05) is 17.1 Å². The Labute approximate surface area is 168 Å². The number of carbonyl (C=O) groups is 2. The Balaban J connectivity index is 1.76. The Morgan fingerprint density at radius 1 is 1.14 bits per heavy atom. The molecule has 0 spiro atoms. The number of hydrogen-bond acceptors (Lipinski definition) is 5. The molecule has 6 nitrogen and oxygen atoms in total. The smallest absolute Gasteiger partial charge is 0.337 e. The highest BCUT2D eigenvalue weighted by atomic mass is 16.5. The molecule has 1 aromatic rings. The van der Waals surface area contributed by atoms with E-state index in [-0.39, 0.29) is 18.0 Å². The molecule has 2 rings (SSSR count). The van der Waals surface area contributed by atoms with Gasteiger partial charge in [0.25, 0.3) is 0 Å². The number of nitrogens with zero attached hydrogens (tertiary/aromatic N) is 2. The van der Waals surface area contributed by atoms with Crippen LogP contribution in [0.4, 0.5) is 0 Å². The van der Waals surface area contributed by atoms with Gasteiger partial charge in [0.15, 0.2) is 0 Å². The third-order valence-electron chi connectivity index (χ3n) is 5.29. The van der Waals surface area contributed by atoms with Crippen LogP contribution in [0.25, 0.3) is 0 Å². The first-order valence-electron chi connectivity index (χ1n) is 10.5. The second-order valence-electron chi connectivity index (χ2n) is 7.45. The molecule has 1 aliphatic rings. The van der Waals surface area contributed by atoms with E-state index >= 15 is 0 Å². The standard InChI is InChI=1S/C22H34N2O4/c1-3-4-5-7-20(25)8-6-15-23-16-14-21(26)24(23)17-13-18-9-11-19(12-10-18)22(27)28-2/h9-12,20,25H,3-8,13-17H2,1-2H3. The first-order chi connectivity index (χ1) is 13.5. The summed E-state index contributed by atoms with van der Waals surface area (Å²) in [6.45, 7) is 4.36. The number of amides is 1. The summed E-state index contributed by atoms with van der Waals surface area (Å²) in [5.74, 6) is -0.181. The molecule has 1 amide bonds. The van der Waals surface area contributed by atoms with Crippen LogP contribution in [0.2, 0.25) is 0 Å². The van der Waals surface area contributed by atoms with Crippen molar-refractivity contribution in [3.05, 3.63) is 35.4 Å². The first-order valence-corrected chi connectivity index (χ1v) is 10.5. The van der Waals surface area contributed by atoms with Gasteiger partial charge in [-0.25, -0.2) is 9.80 Å². The molecule has 0 saturated carbocycles. The molecular weight excluding hydrogens is 356 g/mol. The zero-order chi connectivity index (χ0) is 20.4. The molecule has 1 N–H and O–H groups in total. The van der Waals surface area contributed by atoms with E-state index in [4.69, 9.17) is 4.74 Å². The average Bonchev–Trinajstić information content (AvgIpc) is 3.06. The predicted octanol–water partition coefficient (Wildman–Crippen LogP) is 3.19. The number of benzene rings is 1. The van der Waals surface area contributed by atoms with Gasteiger partial charge in [-0.15, -0.1) is 0 Å². The van der Waals surface area contributed by atoms with E-state index in [1.165, 1.54) is 20.0 Å². The summed E-state index contributed by atoms with van der Waals surface area (Å²) in [6, 6.07) is 7.32. The summed E-state index contributed by atoms with van der Waals surface area (Å²) in [5, 5.41) is 14.0. The Bertz CT molecular complexity index is 617. The SMILES string of the molecule is CCCCCC(O)CCCN1CCC(=O)N1CCc1ccc(C(=O)OC)cc1. The van der Waals surface area contributed by atoms with Gasteiger partial charge in [-0.05, 0) is 43.4 Å². The number of hydrogen-bond donors (Lipinski definition) is 1. The molecule has 0 aliphatic carbocycles. The predicted molar refractivity (Wildman–Crippen MR) is 109 cm³/mol. The third kappa shape index (κ3) is 6.91. The Morgan fingerprint density at radius 3 is 2.54 bits per heavy atom. The number of aliphatic hydroxyl groups excluding tert-OH is 1. The van der Waals surface area contributed by atoms with Crippen LogP contribution in [-0.4, -0.2) is 59.8 Å². The fourth-order valence-corrected chi connectivity index (χ4v) is 3.57. The molecule has 1 aliphatic heterocycles. The van der Waals surface area contributed by atoms with Gasteiger partial charge in [0.1, 0.15) is 0 Å². The number of rotatable bonds is 12. The maximum absolute atomic E-state index is 12.2. The minimum atomic E-state index is -0.343. The zero-order valence-corrected chi connectivity index (χ0v) is 17.2. The number of aliphatic hydroxyl groups is 1. The Morgan fingerprint density at radius 2 is 1.86 bits per heavy atom. The van der Waals surface area contributed by atoms with Crippen molar-refractivity contribution >= 4 is 11.9 Å². The van der Waals surface area contributed by atoms with Crippen molar-refractivity contribution in [2.24, 2.45) is 0 Å². The molecule has 1 atom stereocenters. The minimum Gasteiger partial charge on any atom is -0.465 e. The Hall–Kier alpha value is -1.92.